The molecule has 0 unspecified atom stereocenters. The molecule has 118 valence electrons. The summed E-state index contributed by atoms with van der Waals surface area (Å²) in [7, 11) is 0. The maximum absolute atomic E-state index is 12.1. The molecule has 1 heterocycles. The minimum absolute atomic E-state index is 0.0261. The highest BCUT2D eigenvalue weighted by molar-refractivity contribution is 9.10. The van der Waals surface area contributed by atoms with Gasteiger partial charge in [-0.15, -0.1) is 11.3 Å². The molecule has 0 saturated heterocycles. The fourth-order valence-corrected chi connectivity index (χ4v) is 3.15. The van der Waals surface area contributed by atoms with E-state index in [0.717, 1.165) is 21.6 Å². The summed E-state index contributed by atoms with van der Waals surface area (Å²) in [6, 6.07) is 8.23. The summed E-state index contributed by atoms with van der Waals surface area (Å²) in [4.78, 5) is 16.5. The first-order valence-electron chi connectivity index (χ1n) is 7.37. The summed E-state index contributed by atoms with van der Waals surface area (Å²) < 4.78 is 1.06. The fourth-order valence-electron chi connectivity index (χ4n) is 2.14. The Morgan fingerprint density at radius 3 is 2.59 bits per heavy atom. The predicted molar refractivity (Wildman–Crippen MR) is 95.4 cm³/mol. The van der Waals surface area contributed by atoms with E-state index >= 15 is 0 Å². The third kappa shape index (κ3) is 4.65. The third-order valence-electron chi connectivity index (χ3n) is 3.60. The number of carbonyl (C=O) groups is 1. The van der Waals surface area contributed by atoms with Crippen LogP contribution in [0.3, 0.4) is 0 Å². The van der Waals surface area contributed by atoms with Crippen LogP contribution in [0.4, 0.5) is 0 Å². The van der Waals surface area contributed by atoms with Crippen LogP contribution in [0.5, 0.6) is 0 Å². The van der Waals surface area contributed by atoms with Crippen molar-refractivity contribution in [2.75, 3.05) is 6.54 Å². The second-order valence-electron chi connectivity index (χ2n) is 5.93. The van der Waals surface area contributed by atoms with Crippen LogP contribution in [0.1, 0.15) is 37.0 Å². The molecule has 0 aliphatic carbocycles. The summed E-state index contributed by atoms with van der Waals surface area (Å²) >= 11 is 5.06. The predicted octanol–water partition coefficient (Wildman–Crippen LogP) is 4.10. The molecular formula is C17H21BrN2OS. The Morgan fingerprint density at radius 1 is 1.32 bits per heavy atom. The summed E-state index contributed by atoms with van der Waals surface area (Å²) in [6.07, 6.45) is 1.27. The zero-order valence-corrected chi connectivity index (χ0v) is 15.6. The van der Waals surface area contributed by atoms with Crippen molar-refractivity contribution in [3.05, 3.63) is 50.4 Å². The van der Waals surface area contributed by atoms with Crippen LogP contribution in [0.2, 0.25) is 0 Å². The van der Waals surface area contributed by atoms with Crippen LogP contribution in [0.25, 0.3) is 0 Å². The number of amides is 1. The summed E-state index contributed by atoms with van der Waals surface area (Å²) in [5, 5.41) is 6.08. The Morgan fingerprint density at radius 2 is 2.00 bits per heavy atom. The number of nitrogens with zero attached hydrogens (tertiary/aromatic N) is 1. The molecule has 1 aromatic heterocycles. The van der Waals surface area contributed by atoms with Gasteiger partial charge in [0.05, 0.1) is 17.1 Å². The Balaban J connectivity index is 1.90. The van der Waals surface area contributed by atoms with Gasteiger partial charge >= 0.3 is 0 Å². The average Bonchev–Trinajstić information content (AvgIpc) is 2.93. The lowest BCUT2D eigenvalue weighted by molar-refractivity contribution is -0.120. The molecule has 0 atom stereocenters. The van der Waals surface area contributed by atoms with Crippen LogP contribution in [-0.2, 0) is 23.1 Å². The highest BCUT2D eigenvalue weighted by Gasteiger charge is 2.21. The standard InChI is InChI=1S/C17H21BrN2OS/c1-4-16-20-14(10-22-16)9-15(21)19-11-17(2,3)12-5-7-13(18)8-6-12/h5-8,10H,4,9,11H2,1-3H3,(H,19,21). The van der Waals surface area contributed by atoms with Crippen LogP contribution >= 0.6 is 27.3 Å². The van der Waals surface area contributed by atoms with Crippen molar-refractivity contribution in [1.29, 1.82) is 0 Å². The van der Waals surface area contributed by atoms with Gasteiger partial charge in [-0.25, -0.2) is 4.98 Å². The van der Waals surface area contributed by atoms with Gasteiger partial charge in [-0.3, -0.25) is 4.79 Å². The average molecular weight is 381 g/mol. The van der Waals surface area contributed by atoms with E-state index in [0.29, 0.717) is 13.0 Å². The molecule has 0 aliphatic rings. The third-order valence-corrected chi connectivity index (χ3v) is 5.17. The van der Waals surface area contributed by atoms with Crippen molar-refractivity contribution in [1.82, 2.24) is 10.3 Å². The Kier molecular flexibility index (Phi) is 5.75. The van der Waals surface area contributed by atoms with Gasteiger partial charge < -0.3 is 5.32 Å². The van der Waals surface area contributed by atoms with Crippen LogP contribution in [-0.4, -0.2) is 17.4 Å². The zero-order chi connectivity index (χ0) is 16.2. The monoisotopic (exact) mass is 380 g/mol. The number of aryl methyl sites for hydroxylation is 1. The molecule has 0 saturated carbocycles. The fraction of sp³-hybridized carbons (Fsp3) is 0.412. The quantitative estimate of drug-likeness (QED) is 0.819. The highest BCUT2D eigenvalue weighted by atomic mass is 79.9. The second-order valence-corrected chi connectivity index (χ2v) is 7.79. The Hall–Kier alpha value is -1.20. The number of halogens is 1. The molecule has 2 aromatic rings. The lowest BCUT2D eigenvalue weighted by atomic mass is 9.84. The number of nitrogens with one attached hydrogen (secondary N) is 1. The topological polar surface area (TPSA) is 42.0 Å². The molecule has 1 aromatic carbocycles. The van der Waals surface area contributed by atoms with Gasteiger partial charge in [-0.2, -0.15) is 0 Å². The molecule has 1 amide bonds. The van der Waals surface area contributed by atoms with E-state index in [2.05, 4.69) is 59.1 Å². The maximum Gasteiger partial charge on any atom is 0.226 e. The zero-order valence-electron chi connectivity index (χ0n) is 13.1. The number of hydrogen-bond donors (Lipinski definition) is 1. The van der Waals surface area contributed by atoms with Gasteiger partial charge in [-0.1, -0.05) is 48.8 Å². The molecule has 2 rings (SSSR count). The summed E-state index contributed by atoms with van der Waals surface area (Å²) in [6.45, 7) is 6.95. The summed E-state index contributed by atoms with van der Waals surface area (Å²) in [5.41, 5.74) is 1.96. The van der Waals surface area contributed by atoms with Gasteiger partial charge in [0, 0.05) is 21.8 Å². The lowest BCUT2D eigenvalue weighted by Gasteiger charge is -2.25. The van der Waals surface area contributed by atoms with Crippen molar-refractivity contribution in [2.45, 2.75) is 39.0 Å². The van der Waals surface area contributed by atoms with E-state index in [1.165, 1.54) is 5.56 Å². The largest absolute Gasteiger partial charge is 0.355 e. The molecule has 0 bridgehead atoms. The van der Waals surface area contributed by atoms with Gasteiger partial charge in [0.15, 0.2) is 0 Å². The van der Waals surface area contributed by atoms with Crippen LogP contribution in [0.15, 0.2) is 34.1 Å². The minimum atomic E-state index is -0.104. The molecule has 5 heteroatoms. The normalized spacial score (nSPS) is 11.5. The lowest BCUT2D eigenvalue weighted by Crippen LogP contribution is -2.37. The Bertz CT molecular complexity index is 634. The number of thiazole rings is 1. The molecule has 0 radical (unpaired) electrons. The number of rotatable bonds is 6. The first-order valence-corrected chi connectivity index (χ1v) is 9.04. The van der Waals surface area contributed by atoms with Crippen molar-refractivity contribution in [2.24, 2.45) is 0 Å². The molecular weight excluding hydrogens is 360 g/mol. The van der Waals surface area contributed by atoms with Crippen molar-refractivity contribution in [3.63, 3.8) is 0 Å². The molecule has 3 nitrogen and oxygen atoms in total. The number of aromatic nitrogens is 1. The van der Waals surface area contributed by atoms with Crippen molar-refractivity contribution in [3.8, 4) is 0 Å². The number of carbonyl (C=O) groups excluding carboxylic acids is 1. The van der Waals surface area contributed by atoms with E-state index in [1.54, 1.807) is 11.3 Å². The maximum atomic E-state index is 12.1. The highest BCUT2D eigenvalue weighted by Crippen LogP contribution is 2.24. The van der Waals surface area contributed by atoms with Gasteiger partial charge in [-0.05, 0) is 24.1 Å². The molecule has 22 heavy (non-hydrogen) atoms. The number of hydrogen-bond acceptors (Lipinski definition) is 3. The molecule has 0 fully saturated rings. The summed E-state index contributed by atoms with van der Waals surface area (Å²) in [5.74, 6) is 0.0261. The van der Waals surface area contributed by atoms with E-state index in [1.807, 2.05) is 17.5 Å². The van der Waals surface area contributed by atoms with Crippen LogP contribution in [0, 0.1) is 0 Å². The number of benzene rings is 1. The van der Waals surface area contributed by atoms with E-state index in [-0.39, 0.29) is 11.3 Å². The molecule has 1 N–H and O–H groups in total. The van der Waals surface area contributed by atoms with Crippen LogP contribution < -0.4 is 5.32 Å². The SMILES string of the molecule is CCc1nc(CC(=O)NCC(C)(C)c2ccc(Br)cc2)cs1. The van der Waals surface area contributed by atoms with E-state index in [9.17, 15) is 4.79 Å². The van der Waals surface area contributed by atoms with Crippen molar-refractivity contribution >= 4 is 33.2 Å². The minimum Gasteiger partial charge on any atom is -0.355 e. The molecule has 0 aliphatic heterocycles. The Labute approximate surface area is 144 Å². The smallest absolute Gasteiger partial charge is 0.226 e. The van der Waals surface area contributed by atoms with Gasteiger partial charge in [0.25, 0.3) is 0 Å². The van der Waals surface area contributed by atoms with Crippen molar-refractivity contribution < 1.29 is 4.79 Å². The first kappa shape index (κ1) is 17.2. The first-order chi connectivity index (χ1) is 10.4. The molecule has 0 spiro atoms. The van der Waals surface area contributed by atoms with E-state index < -0.39 is 0 Å². The second kappa shape index (κ2) is 7.38. The van der Waals surface area contributed by atoms with Gasteiger partial charge in [0.1, 0.15) is 0 Å². The van der Waals surface area contributed by atoms with E-state index in [4.69, 9.17) is 0 Å². The van der Waals surface area contributed by atoms with Gasteiger partial charge in [0.2, 0.25) is 5.91 Å².